The van der Waals surface area contributed by atoms with Gasteiger partial charge < -0.3 is 9.64 Å². The fourth-order valence-corrected chi connectivity index (χ4v) is 5.10. The van der Waals surface area contributed by atoms with Crippen molar-refractivity contribution in [3.63, 3.8) is 0 Å². The lowest BCUT2D eigenvalue weighted by molar-refractivity contribution is -0.159. The molecule has 0 spiro atoms. The van der Waals surface area contributed by atoms with Crippen LogP contribution in [0.15, 0.2) is 0 Å². The van der Waals surface area contributed by atoms with E-state index in [2.05, 4.69) is 30.6 Å². The first-order valence-electron chi connectivity index (χ1n) is 10.6. The molecular weight excluding hydrogens is 340 g/mol. The van der Waals surface area contributed by atoms with E-state index < -0.39 is 0 Å². The van der Waals surface area contributed by atoms with Gasteiger partial charge in [-0.3, -0.25) is 14.5 Å². The number of hydrogen-bond donors (Lipinski definition) is 0. The molecule has 27 heavy (non-hydrogen) atoms. The van der Waals surface area contributed by atoms with Gasteiger partial charge in [-0.2, -0.15) is 0 Å². The first kappa shape index (κ1) is 20.8. The molecule has 5 heteroatoms. The molecule has 154 valence electrons. The molecule has 3 fully saturated rings. The van der Waals surface area contributed by atoms with Gasteiger partial charge in [-0.15, -0.1) is 0 Å². The number of rotatable bonds is 2. The summed E-state index contributed by atoms with van der Waals surface area (Å²) in [7, 11) is 0. The van der Waals surface area contributed by atoms with Crippen LogP contribution in [0.2, 0.25) is 0 Å². The van der Waals surface area contributed by atoms with Crippen molar-refractivity contribution in [2.75, 3.05) is 39.4 Å². The number of amides is 1. The van der Waals surface area contributed by atoms with E-state index in [9.17, 15) is 9.59 Å². The zero-order chi connectivity index (χ0) is 20.0. The van der Waals surface area contributed by atoms with Crippen molar-refractivity contribution in [2.24, 2.45) is 29.1 Å². The Morgan fingerprint density at radius 3 is 1.85 bits per heavy atom. The zero-order valence-corrected chi connectivity index (χ0v) is 18.1. The summed E-state index contributed by atoms with van der Waals surface area (Å²) in [6.07, 6.45) is 1.89. The van der Waals surface area contributed by atoms with Gasteiger partial charge in [0.1, 0.15) is 5.78 Å². The predicted molar refractivity (Wildman–Crippen MR) is 106 cm³/mol. The summed E-state index contributed by atoms with van der Waals surface area (Å²) in [5, 5.41) is 0. The molecule has 0 radical (unpaired) electrons. The zero-order valence-electron chi connectivity index (χ0n) is 18.1. The van der Waals surface area contributed by atoms with Crippen molar-refractivity contribution >= 4 is 11.7 Å². The summed E-state index contributed by atoms with van der Waals surface area (Å²) in [4.78, 5) is 30.7. The Kier molecular flexibility index (Phi) is 5.75. The van der Waals surface area contributed by atoms with Gasteiger partial charge in [0.15, 0.2) is 0 Å². The van der Waals surface area contributed by atoms with Crippen molar-refractivity contribution in [2.45, 2.75) is 59.9 Å². The molecule has 5 nitrogen and oxygen atoms in total. The van der Waals surface area contributed by atoms with Crippen molar-refractivity contribution in [3.05, 3.63) is 0 Å². The third kappa shape index (κ3) is 4.40. The standard InChI is InChI=1S/C22H38N2O3/c1-21(2,3)19(25)18-16-11-23(12-17(18)14-27-13-16)20(26)15-7-9-24(10-8-15)22(4,5)6/h15-18H,7-14H2,1-6H3. The van der Waals surface area contributed by atoms with Gasteiger partial charge >= 0.3 is 0 Å². The Labute approximate surface area is 164 Å². The third-order valence-electron chi connectivity index (χ3n) is 6.74. The smallest absolute Gasteiger partial charge is 0.225 e. The summed E-state index contributed by atoms with van der Waals surface area (Å²) in [5.41, 5.74) is -0.154. The average Bonchev–Trinajstić information content (AvgIpc) is 2.58. The highest BCUT2D eigenvalue weighted by Gasteiger charge is 2.48. The van der Waals surface area contributed by atoms with Gasteiger partial charge in [0, 0.05) is 47.7 Å². The maximum Gasteiger partial charge on any atom is 0.225 e. The molecule has 3 heterocycles. The number of carbonyl (C=O) groups is 2. The highest BCUT2D eigenvalue weighted by atomic mass is 16.5. The summed E-state index contributed by atoms with van der Waals surface area (Å²) in [6.45, 7) is 17.3. The van der Waals surface area contributed by atoms with Crippen molar-refractivity contribution in [1.82, 2.24) is 9.80 Å². The molecule has 0 aromatic carbocycles. The Bertz CT molecular complexity index is 553. The predicted octanol–water partition coefficient (Wildman–Crippen LogP) is 2.83. The second-order valence-electron chi connectivity index (χ2n) is 10.9. The number of hydrogen-bond acceptors (Lipinski definition) is 4. The highest BCUT2D eigenvalue weighted by Crippen LogP contribution is 2.39. The largest absolute Gasteiger partial charge is 0.381 e. The first-order chi connectivity index (χ1) is 12.5. The summed E-state index contributed by atoms with van der Waals surface area (Å²) < 4.78 is 5.76. The second-order valence-corrected chi connectivity index (χ2v) is 10.9. The Morgan fingerprint density at radius 1 is 0.889 bits per heavy atom. The van der Waals surface area contributed by atoms with Gasteiger partial charge in [0.2, 0.25) is 5.91 Å². The number of piperidine rings is 2. The van der Waals surface area contributed by atoms with Crippen LogP contribution < -0.4 is 0 Å². The van der Waals surface area contributed by atoms with Crippen LogP contribution in [0, 0.1) is 29.1 Å². The van der Waals surface area contributed by atoms with Gasteiger partial charge in [-0.25, -0.2) is 0 Å². The Morgan fingerprint density at radius 2 is 1.41 bits per heavy atom. The number of ether oxygens (including phenoxy) is 1. The molecule has 2 bridgehead atoms. The van der Waals surface area contributed by atoms with Crippen LogP contribution in [0.5, 0.6) is 0 Å². The first-order valence-corrected chi connectivity index (χ1v) is 10.6. The molecule has 3 aliphatic rings. The fourth-order valence-electron chi connectivity index (χ4n) is 5.10. The molecular formula is C22H38N2O3. The van der Waals surface area contributed by atoms with Gasteiger partial charge in [0.05, 0.1) is 13.2 Å². The van der Waals surface area contributed by atoms with Crippen molar-refractivity contribution in [1.29, 1.82) is 0 Å². The van der Waals surface area contributed by atoms with Gasteiger partial charge in [0.25, 0.3) is 0 Å². The lowest BCUT2D eigenvalue weighted by Crippen LogP contribution is -2.59. The molecule has 0 saturated carbocycles. The number of ketones is 1. The van der Waals surface area contributed by atoms with E-state index in [1.165, 1.54) is 0 Å². The normalized spacial score (nSPS) is 31.0. The number of nitrogens with zero attached hydrogens (tertiary/aromatic N) is 2. The average molecular weight is 379 g/mol. The SMILES string of the molecule is CC(C)(C)C(=O)C1C2COCC1CN(C(=O)C1CCN(C(C)(C)C)CC1)C2. The second kappa shape index (κ2) is 7.47. The topological polar surface area (TPSA) is 49.9 Å². The van der Waals surface area contributed by atoms with E-state index in [0.29, 0.717) is 38.0 Å². The maximum atomic E-state index is 13.2. The van der Waals surface area contributed by atoms with Crippen LogP contribution in [-0.2, 0) is 14.3 Å². The molecule has 3 aliphatic heterocycles. The minimum absolute atomic E-state index is 0.0468. The molecule has 2 unspecified atom stereocenters. The van der Waals surface area contributed by atoms with Gasteiger partial charge in [-0.05, 0) is 46.7 Å². The van der Waals surface area contributed by atoms with Crippen LogP contribution in [0.3, 0.4) is 0 Å². The number of Topliss-reactive ketones (excluding diaryl/α,β-unsaturated/α-hetero) is 1. The van der Waals surface area contributed by atoms with Crippen molar-refractivity contribution < 1.29 is 14.3 Å². The summed E-state index contributed by atoms with van der Waals surface area (Å²) >= 11 is 0. The Balaban J connectivity index is 1.63. The van der Waals surface area contributed by atoms with Crippen LogP contribution in [-0.4, -0.2) is 66.4 Å². The number of likely N-dealkylation sites (tertiary alicyclic amines) is 2. The van der Waals surface area contributed by atoms with Gasteiger partial charge in [-0.1, -0.05) is 20.8 Å². The van der Waals surface area contributed by atoms with Crippen LogP contribution in [0.1, 0.15) is 54.4 Å². The minimum atomic E-state index is -0.329. The van der Waals surface area contributed by atoms with E-state index in [0.717, 1.165) is 25.9 Å². The number of carbonyl (C=O) groups excluding carboxylic acids is 2. The molecule has 0 aromatic heterocycles. The molecule has 0 aromatic rings. The van der Waals surface area contributed by atoms with Crippen LogP contribution >= 0.6 is 0 Å². The van der Waals surface area contributed by atoms with Crippen LogP contribution in [0.25, 0.3) is 0 Å². The highest BCUT2D eigenvalue weighted by molar-refractivity contribution is 5.87. The van der Waals surface area contributed by atoms with E-state index in [4.69, 9.17) is 4.74 Å². The quantitative estimate of drug-likeness (QED) is 0.741. The lowest BCUT2D eigenvalue weighted by Gasteiger charge is -2.49. The van der Waals surface area contributed by atoms with E-state index >= 15 is 0 Å². The van der Waals surface area contributed by atoms with E-state index in [-0.39, 0.29) is 34.6 Å². The maximum absolute atomic E-state index is 13.2. The van der Waals surface area contributed by atoms with Crippen molar-refractivity contribution in [3.8, 4) is 0 Å². The number of fused-ring (bicyclic) bond motifs is 2. The Hall–Kier alpha value is -0.940. The van der Waals surface area contributed by atoms with Crippen LogP contribution in [0.4, 0.5) is 0 Å². The monoisotopic (exact) mass is 378 g/mol. The molecule has 3 saturated heterocycles. The molecule has 0 N–H and O–H groups in total. The fraction of sp³-hybridized carbons (Fsp3) is 0.909. The summed E-state index contributed by atoms with van der Waals surface area (Å²) in [6, 6.07) is 0. The van der Waals surface area contributed by atoms with E-state index in [1.54, 1.807) is 0 Å². The lowest BCUT2D eigenvalue weighted by atomic mass is 9.68. The molecule has 2 atom stereocenters. The molecule has 3 rings (SSSR count). The third-order valence-corrected chi connectivity index (χ3v) is 6.74. The molecule has 0 aliphatic carbocycles. The minimum Gasteiger partial charge on any atom is -0.381 e. The van der Waals surface area contributed by atoms with E-state index in [1.807, 2.05) is 20.8 Å². The molecule has 1 amide bonds. The summed E-state index contributed by atoms with van der Waals surface area (Å²) in [5.74, 6) is 1.14.